The summed E-state index contributed by atoms with van der Waals surface area (Å²) in [6.45, 7) is 3.61. The van der Waals surface area contributed by atoms with Crippen molar-refractivity contribution in [2.75, 3.05) is 5.32 Å². The molecule has 0 spiro atoms. The van der Waals surface area contributed by atoms with Crippen molar-refractivity contribution >= 4 is 21.6 Å². The first-order chi connectivity index (χ1) is 11.7. The van der Waals surface area contributed by atoms with Crippen molar-refractivity contribution in [3.05, 3.63) is 59.7 Å². The number of hydrogen-bond donors (Lipinski definition) is 2. The molecule has 1 atom stereocenters. The molecule has 0 bridgehead atoms. The van der Waals surface area contributed by atoms with E-state index in [-0.39, 0.29) is 22.2 Å². The molecular formula is C17H18F2N2O3S. The maximum Gasteiger partial charge on any atom is 0.255 e. The SMILES string of the molecule is CC[C@@H](C)NS(=O)(=O)c1ccc(C(=O)Nc2ccc(F)c(F)c2)cc1. The molecule has 0 heterocycles. The van der Waals surface area contributed by atoms with E-state index in [2.05, 4.69) is 10.0 Å². The molecule has 2 aromatic carbocycles. The summed E-state index contributed by atoms with van der Waals surface area (Å²) < 4.78 is 52.9. The van der Waals surface area contributed by atoms with E-state index in [1.54, 1.807) is 6.92 Å². The van der Waals surface area contributed by atoms with Crippen molar-refractivity contribution in [3.8, 4) is 0 Å². The molecule has 0 aliphatic heterocycles. The van der Waals surface area contributed by atoms with Gasteiger partial charge in [0.05, 0.1) is 4.90 Å². The highest BCUT2D eigenvalue weighted by Gasteiger charge is 2.17. The molecule has 0 saturated heterocycles. The number of benzene rings is 2. The molecule has 0 radical (unpaired) electrons. The Labute approximate surface area is 145 Å². The molecule has 0 saturated carbocycles. The summed E-state index contributed by atoms with van der Waals surface area (Å²) in [5.41, 5.74) is 0.284. The fourth-order valence-corrected chi connectivity index (χ4v) is 3.31. The lowest BCUT2D eigenvalue weighted by Gasteiger charge is -2.12. The van der Waals surface area contributed by atoms with Crippen LogP contribution in [0.5, 0.6) is 0 Å². The highest BCUT2D eigenvalue weighted by Crippen LogP contribution is 2.16. The Morgan fingerprint density at radius 3 is 2.28 bits per heavy atom. The van der Waals surface area contributed by atoms with Crippen LogP contribution in [0.2, 0.25) is 0 Å². The number of carbonyl (C=O) groups excluding carboxylic acids is 1. The van der Waals surface area contributed by atoms with E-state index in [4.69, 9.17) is 0 Å². The summed E-state index contributed by atoms with van der Waals surface area (Å²) in [4.78, 5) is 12.1. The Hall–Kier alpha value is -2.32. The zero-order valence-corrected chi connectivity index (χ0v) is 14.5. The van der Waals surface area contributed by atoms with Crippen LogP contribution < -0.4 is 10.0 Å². The zero-order valence-electron chi connectivity index (χ0n) is 13.7. The van der Waals surface area contributed by atoms with Crippen LogP contribution in [0.25, 0.3) is 0 Å². The van der Waals surface area contributed by atoms with Crippen LogP contribution in [0, 0.1) is 11.6 Å². The van der Waals surface area contributed by atoms with Crippen LogP contribution in [0.3, 0.4) is 0 Å². The van der Waals surface area contributed by atoms with Crippen LogP contribution in [0.4, 0.5) is 14.5 Å². The van der Waals surface area contributed by atoms with E-state index in [1.165, 1.54) is 30.3 Å². The van der Waals surface area contributed by atoms with E-state index >= 15 is 0 Å². The Morgan fingerprint density at radius 1 is 1.08 bits per heavy atom. The largest absolute Gasteiger partial charge is 0.322 e. The lowest BCUT2D eigenvalue weighted by atomic mass is 10.2. The lowest BCUT2D eigenvalue weighted by Crippen LogP contribution is -2.32. The number of anilines is 1. The molecule has 2 N–H and O–H groups in total. The summed E-state index contributed by atoms with van der Waals surface area (Å²) in [7, 11) is -3.66. The monoisotopic (exact) mass is 368 g/mol. The van der Waals surface area contributed by atoms with E-state index in [0.29, 0.717) is 6.42 Å². The van der Waals surface area contributed by atoms with E-state index in [1.807, 2.05) is 6.92 Å². The predicted molar refractivity (Wildman–Crippen MR) is 90.8 cm³/mol. The average Bonchev–Trinajstić information content (AvgIpc) is 2.57. The van der Waals surface area contributed by atoms with Crippen molar-refractivity contribution in [1.82, 2.24) is 4.72 Å². The number of sulfonamides is 1. The molecule has 0 fully saturated rings. The third kappa shape index (κ3) is 4.83. The molecule has 0 aromatic heterocycles. The fraction of sp³-hybridized carbons (Fsp3) is 0.235. The van der Waals surface area contributed by atoms with Gasteiger partial charge in [-0.25, -0.2) is 21.9 Å². The fourth-order valence-electron chi connectivity index (χ4n) is 1.98. The first-order valence-electron chi connectivity index (χ1n) is 7.61. The molecule has 2 aromatic rings. The van der Waals surface area contributed by atoms with Crippen molar-refractivity contribution in [3.63, 3.8) is 0 Å². The quantitative estimate of drug-likeness (QED) is 0.822. The molecule has 1 amide bonds. The van der Waals surface area contributed by atoms with Crippen molar-refractivity contribution in [2.45, 2.75) is 31.2 Å². The second kappa shape index (κ2) is 7.71. The zero-order chi connectivity index (χ0) is 18.6. The first kappa shape index (κ1) is 19.0. The summed E-state index contributed by atoms with van der Waals surface area (Å²) >= 11 is 0. The first-order valence-corrected chi connectivity index (χ1v) is 9.10. The molecule has 8 heteroatoms. The van der Waals surface area contributed by atoms with Gasteiger partial charge in [0.15, 0.2) is 11.6 Å². The van der Waals surface area contributed by atoms with Gasteiger partial charge in [-0.2, -0.15) is 0 Å². The van der Waals surface area contributed by atoms with Gasteiger partial charge in [0.25, 0.3) is 5.91 Å². The minimum atomic E-state index is -3.66. The van der Waals surface area contributed by atoms with Gasteiger partial charge in [0.2, 0.25) is 10.0 Å². The number of halogens is 2. The van der Waals surface area contributed by atoms with Crippen LogP contribution in [-0.2, 0) is 10.0 Å². The smallest absolute Gasteiger partial charge is 0.255 e. The normalized spacial score (nSPS) is 12.6. The Kier molecular flexibility index (Phi) is 5.86. The van der Waals surface area contributed by atoms with Gasteiger partial charge < -0.3 is 5.32 Å². The van der Waals surface area contributed by atoms with Crippen LogP contribution in [0.15, 0.2) is 47.4 Å². The van der Waals surface area contributed by atoms with Crippen molar-refractivity contribution < 1.29 is 22.0 Å². The topological polar surface area (TPSA) is 75.3 Å². The van der Waals surface area contributed by atoms with Crippen LogP contribution >= 0.6 is 0 Å². The number of carbonyl (C=O) groups is 1. The molecule has 0 aliphatic carbocycles. The Bertz CT molecular complexity index is 868. The van der Waals surface area contributed by atoms with Gasteiger partial charge >= 0.3 is 0 Å². The number of nitrogens with one attached hydrogen (secondary N) is 2. The van der Waals surface area contributed by atoms with Crippen LogP contribution in [0.1, 0.15) is 30.6 Å². The summed E-state index contributed by atoms with van der Waals surface area (Å²) in [5, 5.41) is 2.42. The minimum Gasteiger partial charge on any atom is -0.322 e. The van der Waals surface area contributed by atoms with Gasteiger partial charge in [-0.3, -0.25) is 4.79 Å². The maximum absolute atomic E-state index is 13.1. The molecular weight excluding hydrogens is 350 g/mol. The van der Waals surface area contributed by atoms with Gasteiger partial charge in [-0.1, -0.05) is 6.92 Å². The molecule has 5 nitrogen and oxygen atoms in total. The van der Waals surface area contributed by atoms with Gasteiger partial charge in [-0.15, -0.1) is 0 Å². The summed E-state index contributed by atoms with van der Waals surface area (Å²) in [5.74, 6) is -2.65. The number of rotatable bonds is 6. The summed E-state index contributed by atoms with van der Waals surface area (Å²) in [6.07, 6.45) is 0.647. The molecule has 2 rings (SSSR count). The second-order valence-electron chi connectivity index (χ2n) is 5.54. The predicted octanol–water partition coefficient (Wildman–Crippen LogP) is 3.29. The van der Waals surface area contributed by atoms with Crippen molar-refractivity contribution in [2.24, 2.45) is 0 Å². The Balaban J connectivity index is 2.13. The maximum atomic E-state index is 13.1. The van der Waals surface area contributed by atoms with Gasteiger partial charge in [0.1, 0.15) is 0 Å². The van der Waals surface area contributed by atoms with Gasteiger partial charge in [0, 0.05) is 23.4 Å². The van der Waals surface area contributed by atoms with E-state index in [0.717, 1.165) is 12.1 Å². The minimum absolute atomic E-state index is 0.0391. The third-order valence-corrected chi connectivity index (χ3v) is 5.18. The molecule has 0 unspecified atom stereocenters. The average molecular weight is 368 g/mol. The molecule has 0 aliphatic rings. The third-order valence-electron chi connectivity index (χ3n) is 3.57. The van der Waals surface area contributed by atoms with Crippen molar-refractivity contribution in [1.29, 1.82) is 0 Å². The lowest BCUT2D eigenvalue weighted by molar-refractivity contribution is 0.102. The van der Waals surface area contributed by atoms with Crippen LogP contribution in [-0.4, -0.2) is 20.4 Å². The van der Waals surface area contributed by atoms with Gasteiger partial charge in [-0.05, 0) is 49.7 Å². The Morgan fingerprint density at radius 2 is 1.72 bits per heavy atom. The standard InChI is InChI=1S/C17H18F2N2O3S/c1-3-11(2)21-25(23,24)14-7-4-12(5-8-14)17(22)20-13-6-9-15(18)16(19)10-13/h4-11,21H,3H2,1-2H3,(H,20,22)/t11-/m1/s1. The van der Waals surface area contributed by atoms with E-state index < -0.39 is 27.6 Å². The number of amides is 1. The van der Waals surface area contributed by atoms with E-state index in [9.17, 15) is 22.0 Å². The second-order valence-corrected chi connectivity index (χ2v) is 7.25. The highest BCUT2D eigenvalue weighted by molar-refractivity contribution is 7.89. The number of hydrogen-bond acceptors (Lipinski definition) is 3. The highest BCUT2D eigenvalue weighted by atomic mass is 32.2. The molecule has 25 heavy (non-hydrogen) atoms. The molecule has 134 valence electrons. The summed E-state index contributed by atoms with van der Waals surface area (Å²) in [6, 6.07) is 8.10.